The Morgan fingerprint density at radius 2 is 0.853 bits per heavy atom. The summed E-state index contributed by atoms with van der Waals surface area (Å²) in [6.07, 6.45) is -25.1. The van der Waals surface area contributed by atoms with Crippen molar-refractivity contribution in [2.24, 2.45) is 0 Å². The van der Waals surface area contributed by atoms with Crippen molar-refractivity contribution in [3.05, 3.63) is 0 Å². The van der Waals surface area contributed by atoms with Crippen molar-refractivity contribution in [1.82, 2.24) is 0 Å². The van der Waals surface area contributed by atoms with Gasteiger partial charge in [-0.25, -0.2) is 0 Å². The highest BCUT2D eigenvalue weighted by molar-refractivity contribution is 4.96. The summed E-state index contributed by atoms with van der Waals surface area (Å²) in [6.45, 7) is -2.32. The van der Waals surface area contributed by atoms with Crippen molar-refractivity contribution in [3.63, 3.8) is 0 Å². The van der Waals surface area contributed by atoms with Crippen LogP contribution >= 0.6 is 0 Å². The Kier molecular flexibility index (Phi) is 9.54. The lowest BCUT2D eigenvalue weighted by atomic mass is 9.96. The monoisotopic (exact) mass is 504 g/mol. The smallest absolute Gasteiger partial charge is 0.187 e. The summed E-state index contributed by atoms with van der Waals surface area (Å²) >= 11 is 0. The van der Waals surface area contributed by atoms with Crippen LogP contribution in [0.25, 0.3) is 0 Å². The topological polar surface area (TPSA) is 269 Å². The van der Waals surface area contributed by atoms with Crippen LogP contribution in [0.5, 0.6) is 0 Å². The van der Waals surface area contributed by atoms with Crippen LogP contribution in [0.15, 0.2) is 0 Å². The third-order valence-corrected chi connectivity index (χ3v) is 6.09. The second kappa shape index (κ2) is 11.6. The minimum absolute atomic E-state index is 0.741. The molecule has 11 N–H and O–H groups in total. The van der Waals surface area contributed by atoms with Crippen molar-refractivity contribution in [2.45, 2.75) is 92.1 Å². The summed E-state index contributed by atoms with van der Waals surface area (Å²) in [7, 11) is 0. The molecule has 3 aliphatic heterocycles. The number of aliphatic hydroxyl groups is 11. The van der Waals surface area contributed by atoms with Gasteiger partial charge in [-0.05, 0) is 0 Å². The molecule has 3 heterocycles. The van der Waals surface area contributed by atoms with E-state index in [1.165, 1.54) is 0 Å². The van der Waals surface area contributed by atoms with Crippen molar-refractivity contribution in [3.8, 4) is 0 Å². The van der Waals surface area contributed by atoms with E-state index < -0.39 is 112 Å². The van der Waals surface area contributed by atoms with Gasteiger partial charge in [0, 0.05) is 0 Å². The summed E-state index contributed by atoms with van der Waals surface area (Å²) in [5.74, 6) is 0. The third-order valence-electron chi connectivity index (χ3n) is 6.09. The van der Waals surface area contributed by atoms with Gasteiger partial charge in [0.25, 0.3) is 0 Å². The molecule has 3 saturated heterocycles. The number of rotatable bonds is 7. The molecule has 200 valence electrons. The van der Waals surface area contributed by atoms with E-state index in [-0.39, 0.29) is 0 Å². The van der Waals surface area contributed by atoms with Gasteiger partial charge in [-0.3, -0.25) is 0 Å². The van der Waals surface area contributed by atoms with Gasteiger partial charge in [-0.2, -0.15) is 0 Å². The minimum atomic E-state index is -1.91. The lowest BCUT2D eigenvalue weighted by Crippen LogP contribution is -2.66. The zero-order chi connectivity index (χ0) is 25.3. The van der Waals surface area contributed by atoms with Gasteiger partial charge in [0.15, 0.2) is 18.9 Å². The highest BCUT2D eigenvalue weighted by Crippen LogP contribution is 2.32. The molecular weight excluding hydrogens is 472 g/mol. The van der Waals surface area contributed by atoms with Gasteiger partial charge in [0.05, 0.1) is 19.8 Å². The Bertz CT molecular complexity index is 635. The second-order valence-electron chi connectivity index (χ2n) is 8.33. The summed E-state index contributed by atoms with van der Waals surface area (Å²) in [6, 6.07) is 0. The fourth-order valence-corrected chi connectivity index (χ4v) is 4.06. The number of hydrogen-bond acceptors (Lipinski definition) is 16. The molecule has 0 aromatic heterocycles. The zero-order valence-corrected chi connectivity index (χ0v) is 17.7. The Morgan fingerprint density at radius 3 is 1.35 bits per heavy atom. The van der Waals surface area contributed by atoms with E-state index in [1.807, 2.05) is 0 Å². The first-order valence-electron chi connectivity index (χ1n) is 10.6. The molecule has 0 spiro atoms. The van der Waals surface area contributed by atoms with E-state index >= 15 is 0 Å². The first-order valence-corrected chi connectivity index (χ1v) is 10.6. The predicted molar refractivity (Wildman–Crippen MR) is 101 cm³/mol. The van der Waals surface area contributed by atoms with Crippen LogP contribution in [0.1, 0.15) is 0 Å². The fraction of sp³-hybridized carbons (Fsp3) is 1.00. The minimum Gasteiger partial charge on any atom is -0.394 e. The molecule has 3 fully saturated rings. The van der Waals surface area contributed by atoms with Gasteiger partial charge in [-0.1, -0.05) is 0 Å². The maximum absolute atomic E-state index is 10.6. The van der Waals surface area contributed by atoms with E-state index in [1.54, 1.807) is 0 Å². The standard InChI is InChI=1S/C18H32O16/c19-1-4-7(22)8(23)12(27)17(31-4)34-15-6(3-21)32-18(13(28)10(15)25)33-14-5(2-20)30-16(29)11(26)9(14)24/h4-29H,1-3H2/t4-,5-,6-,7-,8+,9-,10-,11+,12+,13-,14-,15-,16?,17-,18-/m1/s1. The van der Waals surface area contributed by atoms with Gasteiger partial charge in [0.1, 0.15) is 73.2 Å². The number of hydrogen-bond donors (Lipinski definition) is 11. The zero-order valence-electron chi connectivity index (χ0n) is 17.7. The summed E-state index contributed by atoms with van der Waals surface area (Å²) < 4.78 is 26.4. The molecule has 0 aromatic rings. The SMILES string of the molecule is OC[C@H]1O[C@H](O[C@H]2[C@H](O)[C@@H](O)[C@@H](O[C@H]3[C@H](O)[C@H](O)C(O)O[C@@H]3CO)O[C@@H]2CO)[C@@H](O)[C@@H](O)[C@@H]1O. The second-order valence-corrected chi connectivity index (χ2v) is 8.33. The molecule has 0 aromatic carbocycles. The Morgan fingerprint density at radius 1 is 0.441 bits per heavy atom. The van der Waals surface area contributed by atoms with Crippen LogP contribution in [-0.4, -0.2) is 168 Å². The van der Waals surface area contributed by atoms with Gasteiger partial charge in [0.2, 0.25) is 0 Å². The average molecular weight is 504 g/mol. The van der Waals surface area contributed by atoms with E-state index in [0.717, 1.165) is 0 Å². The normalized spacial score (nSPS) is 52.5. The first kappa shape index (κ1) is 27.9. The molecule has 1 unspecified atom stereocenters. The lowest BCUT2D eigenvalue weighted by molar-refractivity contribution is -0.377. The van der Waals surface area contributed by atoms with Crippen molar-refractivity contribution >= 4 is 0 Å². The number of aliphatic hydroxyl groups excluding tert-OH is 11. The van der Waals surface area contributed by atoms with Crippen LogP contribution < -0.4 is 0 Å². The van der Waals surface area contributed by atoms with Crippen molar-refractivity contribution in [1.29, 1.82) is 0 Å². The molecule has 16 heteroatoms. The first-order chi connectivity index (χ1) is 16.0. The van der Waals surface area contributed by atoms with Crippen LogP contribution in [-0.2, 0) is 23.7 Å². The van der Waals surface area contributed by atoms with Gasteiger partial charge < -0.3 is 79.9 Å². The quantitative estimate of drug-likeness (QED) is 0.154. The largest absolute Gasteiger partial charge is 0.394 e. The van der Waals surface area contributed by atoms with Crippen molar-refractivity contribution < 1.29 is 79.9 Å². The van der Waals surface area contributed by atoms with E-state index in [4.69, 9.17) is 23.7 Å². The Hall–Kier alpha value is -0.640. The van der Waals surface area contributed by atoms with Crippen LogP contribution in [0.3, 0.4) is 0 Å². The molecule has 0 radical (unpaired) electrons. The summed E-state index contributed by atoms with van der Waals surface area (Å²) in [5.41, 5.74) is 0. The lowest BCUT2D eigenvalue weighted by Gasteiger charge is -2.47. The molecule has 0 aliphatic carbocycles. The third kappa shape index (κ3) is 5.37. The molecule has 34 heavy (non-hydrogen) atoms. The van der Waals surface area contributed by atoms with E-state index in [2.05, 4.69) is 0 Å². The number of ether oxygens (including phenoxy) is 5. The van der Waals surface area contributed by atoms with E-state index in [9.17, 15) is 56.2 Å². The molecule has 0 bridgehead atoms. The average Bonchev–Trinajstić information content (AvgIpc) is 2.83. The Labute approximate surface area is 192 Å². The molecule has 0 saturated carbocycles. The summed E-state index contributed by atoms with van der Waals surface area (Å²) in [5, 5.41) is 109. The molecule has 15 atom stereocenters. The maximum Gasteiger partial charge on any atom is 0.187 e. The highest BCUT2D eigenvalue weighted by Gasteiger charge is 2.53. The predicted octanol–water partition coefficient (Wildman–Crippen LogP) is -7.57. The molecule has 16 nitrogen and oxygen atoms in total. The van der Waals surface area contributed by atoms with Crippen LogP contribution in [0.4, 0.5) is 0 Å². The molecular formula is C18H32O16. The molecule has 3 aliphatic rings. The van der Waals surface area contributed by atoms with Gasteiger partial charge >= 0.3 is 0 Å². The fourth-order valence-electron chi connectivity index (χ4n) is 4.06. The maximum atomic E-state index is 10.6. The highest BCUT2D eigenvalue weighted by atomic mass is 16.8. The summed E-state index contributed by atoms with van der Waals surface area (Å²) in [4.78, 5) is 0. The molecule has 3 rings (SSSR count). The van der Waals surface area contributed by atoms with E-state index in [0.29, 0.717) is 0 Å². The van der Waals surface area contributed by atoms with Crippen LogP contribution in [0.2, 0.25) is 0 Å². The van der Waals surface area contributed by atoms with Crippen molar-refractivity contribution in [2.75, 3.05) is 19.8 Å². The Balaban J connectivity index is 1.72. The molecule has 0 amide bonds. The van der Waals surface area contributed by atoms with Gasteiger partial charge in [-0.15, -0.1) is 0 Å². The van der Waals surface area contributed by atoms with Crippen LogP contribution in [0, 0.1) is 0 Å².